The lowest BCUT2D eigenvalue weighted by molar-refractivity contribution is -0.110. The van der Waals surface area contributed by atoms with Crippen LogP contribution in [0.4, 0.5) is 0 Å². The fourth-order valence-electron chi connectivity index (χ4n) is 3.81. The zero-order valence-electron chi connectivity index (χ0n) is 11.4. The average molecular weight is 232 g/mol. The maximum absolute atomic E-state index is 11.3. The third kappa shape index (κ3) is 2.25. The van der Waals surface area contributed by atoms with Crippen LogP contribution in [0.2, 0.25) is 0 Å². The molecule has 0 aliphatic heterocycles. The number of carbonyl (C=O) groups excluding carboxylic acids is 1. The van der Waals surface area contributed by atoms with Gasteiger partial charge in [-0.3, -0.25) is 4.79 Å². The van der Waals surface area contributed by atoms with Crippen molar-refractivity contribution in [1.82, 2.24) is 0 Å². The van der Waals surface area contributed by atoms with E-state index < -0.39 is 0 Å². The van der Waals surface area contributed by atoms with Gasteiger partial charge in [0.05, 0.1) is 0 Å². The van der Waals surface area contributed by atoms with Gasteiger partial charge in [0.1, 0.15) is 0 Å². The second-order valence-corrected chi connectivity index (χ2v) is 5.96. The van der Waals surface area contributed by atoms with E-state index in [1.807, 2.05) is 6.08 Å². The van der Waals surface area contributed by atoms with Gasteiger partial charge < -0.3 is 0 Å². The monoisotopic (exact) mass is 232 g/mol. The molecule has 2 rings (SSSR count). The Morgan fingerprint density at radius 2 is 2.00 bits per heavy atom. The second kappa shape index (κ2) is 4.80. The predicted octanol–water partition coefficient (Wildman–Crippen LogP) is 4.01. The van der Waals surface area contributed by atoms with E-state index in [1.165, 1.54) is 18.4 Å². The number of hydrogen-bond donors (Lipinski definition) is 0. The summed E-state index contributed by atoms with van der Waals surface area (Å²) >= 11 is 0. The fourth-order valence-corrected chi connectivity index (χ4v) is 3.81. The van der Waals surface area contributed by atoms with Gasteiger partial charge >= 0.3 is 0 Å². The molecule has 0 heterocycles. The van der Waals surface area contributed by atoms with Crippen LogP contribution in [-0.2, 0) is 4.79 Å². The summed E-state index contributed by atoms with van der Waals surface area (Å²) in [6.07, 6.45) is 8.34. The second-order valence-electron chi connectivity index (χ2n) is 5.96. The number of hydrogen-bond acceptors (Lipinski definition) is 1. The molecule has 0 saturated heterocycles. The molecule has 94 valence electrons. The molecule has 1 nitrogen and oxygen atoms in total. The molecule has 0 aromatic rings. The minimum atomic E-state index is 0.157. The lowest BCUT2D eigenvalue weighted by atomic mass is 9.77. The number of ketones is 1. The zero-order chi connectivity index (χ0) is 12.6. The van der Waals surface area contributed by atoms with Crippen molar-refractivity contribution >= 4 is 5.78 Å². The molecule has 0 spiro atoms. The zero-order valence-corrected chi connectivity index (χ0v) is 11.4. The van der Waals surface area contributed by atoms with Gasteiger partial charge in [-0.15, -0.1) is 0 Å². The van der Waals surface area contributed by atoms with E-state index in [-0.39, 0.29) is 5.78 Å². The first-order valence-corrected chi connectivity index (χ1v) is 6.95. The molecule has 2 unspecified atom stereocenters. The van der Waals surface area contributed by atoms with Crippen LogP contribution >= 0.6 is 0 Å². The normalized spacial score (nSPS) is 41.8. The molecular formula is C16H24O. The molecule has 0 N–H and O–H groups in total. The average Bonchev–Trinajstić information content (AvgIpc) is 2.57. The van der Waals surface area contributed by atoms with Crippen LogP contribution < -0.4 is 0 Å². The largest absolute Gasteiger partial charge is 0.290 e. The summed E-state index contributed by atoms with van der Waals surface area (Å²) in [5.41, 5.74) is 1.26. The van der Waals surface area contributed by atoms with E-state index in [0.717, 1.165) is 23.7 Å². The van der Waals surface area contributed by atoms with E-state index in [9.17, 15) is 4.79 Å². The van der Waals surface area contributed by atoms with Crippen molar-refractivity contribution in [1.29, 1.82) is 0 Å². The van der Waals surface area contributed by atoms with Gasteiger partial charge in [-0.2, -0.15) is 0 Å². The molecule has 2 aliphatic rings. The Labute approximate surface area is 105 Å². The summed E-state index contributed by atoms with van der Waals surface area (Å²) in [5.74, 6) is 3.85. The lowest BCUT2D eigenvalue weighted by Gasteiger charge is -2.27. The van der Waals surface area contributed by atoms with E-state index >= 15 is 0 Å². The lowest BCUT2D eigenvalue weighted by Crippen LogP contribution is -2.21. The van der Waals surface area contributed by atoms with E-state index in [1.54, 1.807) is 6.08 Å². The van der Waals surface area contributed by atoms with Crippen molar-refractivity contribution in [2.75, 3.05) is 0 Å². The van der Waals surface area contributed by atoms with Gasteiger partial charge in [0.2, 0.25) is 0 Å². The van der Waals surface area contributed by atoms with E-state index in [0.29, 0.717) is 5.92 Å². The molecule has 1 heteroatoms. The number of allylic oxidation sites excluding steroid dienone is 4. The van der Waals surface area contributed by atoms with Crippen LogP contribution in [0.1, 0.15) is 40.5 Å². The van der Waals surface area contributed by atoms with Crippen LogP contribution in [0.15, 0.2) is 23.8 Å². The molecule has 1 saturated carbocycles. The van der Waals surface area contributed by atoms with Gasteiger partial charge in [-0.05, 0) is 49.2 Å². The first-order chi connectivity index (χ1) is 8.04. The quantitative estimate of drug-likeness (QED) is 0.703. The van der Waals surface area contributed by atoms with Gasteiger partial charge in [-0.25, -0.2) is 0 Å². The van der Waals surface area contributed by atoms with Crippen molar-refractivity contribution in [2.24, 2.45) is 29.6 Å². The van der Waals surface area contributed by atoms with Crippen molar-refractivity contribution in [3.8, 4) is 0 Å². The topological polar surface area (TPSA) is 17.1 Å². The Balaban J connectivity index is 2.16. The Kier molecular flexibility index (Phi) is 3.56. The molecule has 0 radical (unpaired) electrons. The van der Waals surface area contributed by atoms with Crippen molar-refractivity contribution < 1.29 is 4.79 Å². The van der Waals surface area contributed by atoms with Crippen LogP contribution in [0.25, 0.3) is 0 Å². The summed E-state index contributed by atoms with van der Waals surface area (Å²) in [7, 11) is 0. The summed E-state index contributed by atoms with van der Waals surface area (Å²) in [5, 5.41) is 0. The maximum atomic E-state index is 11.3. The summed E-state index contributed by atoms with van der Waals surface area (Å²) in [6.45, 7) is 9.21. The van der Waals surface area contributed by atoms with Crippen molar-refractivity contribution in [2.45, 2.75) is 40.5 Å². The van der Waals surface area contributed by atoms with Crippen LogP contribution in [0.3, 0.4) is 0 Å². The molecule has 0 bridgehead atoms. The highest BCUT2D eigenvalue weighted by Crippen LogP contribution is 2.48. The third-order valence-electron chi connectivity index (χ3n) is 5.17. The smallest absolute Gasteiger partial charge is 0.178 e. The Bertz CT molecular complexity index is 364. The molecule has 2 aliphatic carbocycles. The van der Waals surface area contributed by atoms with Crippen LogP contribution in [-0.4, -0.2) is 5.78 Å². The molecule has 5 atom stereocenters. The molecule has 0 aromatic heterocycles. The Hall–Kier alpha value is -0.850. The highest BCUT2D eigenvalue weighted by molar-refractivity contribution is 6.00. The van der Waals surface area contributed by atoms with Crippen molar-refractivity contribution in [3.05, 3.63) is 23.8 Å². The molecule has 1 fully saturated rings. The minimum absolute atomic E-state index is 0.157. The van der Waals surface area contributed by atoms with Gasteiger partial charge in [0, 0.05) is 5.92 Å². The Morgan fingerprint density at radius 1 is 1.29 bits per heavy atom. The Morgan fingerprint density at radius 3 is 2.53 bits per heavy atom. The van der Waals surface area contributed by atoms with E-state index in [2.05, 4.69) is 33.8 Å². The number of carbonyl (C=O) groups is 1. The SMILES string of the molecule is CC[C@H]1C[C@@H](C2C=CC(=O)C=C2C)[C@@H](C)C1C. The van der Waals surface area contributed by atoms with Crippen LogP contribution in [0.5, 0.6) is 0 Å². The van der Waals surface area contributed by atoms with E-state index in [4.69, 9.17) is 0 Å². The van der Waals surface area contributed by atoms with Gasteiger partial charge in [-0.1, -0.05) is 38.8 Å². The predicted molar refractivity (Wildman–Crippen MR) is 71.6 cm³/mol. The minimum Gasteiger partial charge on any atom is -0.290 e. The van der Waals surface area contributed by atoms with Gasteiger partial charge in [0.25, 0.3) is 0 Å². The molecule has 0 amide bonds. The number of rotatable bonds is 2. The highest BCUT2D eigenvalue weighted by atomic mass is 16.1. The molecule has 17 heavy (non-hydrogen) atoms. The highest BCUT2D eigenvalue weighted by Gasteiger charge is 2.40. The first-order valence-electron chi connectivity index (χ1n) is 6.95. The summed E-state index contributed by atoms with van der Waals surface area (Å²) < 4.78 is 0. The van der Waals surface area contributed by atoms with Crippen molar-refractivity contribution in [3.63, 3.8) is 0 Å². The first kappa shape index (κ1) is 12.6. The van der Waals surface area contributed by atoms with Crippen LogP contribution in [0, 0.1) is 29.6 Å². The molecular weight excluding hydrogens is 208 g/mol. The van der Waals surface area contributed by atoms with Gasteiger partial charge in [0.15, 0.2) is 5.78 Å². The maximum Gasteiger partial charge on any atom is 0.178 e. The standard InChI is InChI=1S/C16H24O/c1-5-13-9-16(12(4)11(13)3)15-7-6-14(17)8-10(15)2/h6-8,11-13,15-16H,5,9H2,1-4H3/t11?,12-,13-,15?,16+/m0/s1. The molecule has 0 aromatic carbocycles. The fraction of sp³-hybridized carbons (Fsp3) is 0.688. The third-order valence-corrected chi connectivity index (χ3v) is 5.17. The summed E-state index contributed by atoms with van der Waals surface area (Å²) in [4.78, 5) is 11.3. The summed E-state index contributed by atoms with van der Waals surface area (Å²) in [6, 6.07) is 0.